The highest BCUT2D eigenvalue weighted by Crippen LogP contribution is 2.41. The minimum Gasteiger partial charge on any atom is -0.492 e. The predicted octanol–water partition coefficient (Wildman–Crippen LogP) is 6.28. The number of rotatable bonds is 8. The number of nitrogens with one attached hydrogen (secondary N) is 1. The fraction of sp³-hybridized carbons (Fsp3) is 0.379. The summed E-state index contributed by atoms with van der Waals surface area (Å²) in [6.07, 6.45) is 7.27. The number of halogens is 1. The van der Waals surface area contributed by atoms with E-state index in [0.717, 1.165) is 48.9 Å². The van der Waals surface area contributed by atoms with Gasteiger partial charge in [-0.2, -0.15) is 5.26 Å². The Hall–Kier alpha value is -3.51. The lowest BCUT2D eigenvalue weighted by atomic mass is 10.1. The van der Waals surface area contributed by atoms with Gasteiger partial charge in [0.25, 0.3) is 0 Å². The predicted molar refractivity (Wildman–Crippen MR) is 147 cm³/mol. The molecule has 0 radical (unpaired) electrons. The van der Waals surface area contributed by atoms with Crippen molar-refractivity contribution in [3.63, 3.8) is 0 Å². The molecular formula is C29H29ClN4O4. The van der Waals surface area contributed by atoms with Crippen LogP contribution in [0.1, 0.15) is 31.2 Å². The number of aromatic nitrogens is 1. The first-order valence-electron chi connectivity index (χ1n) is 13.1. The SMILES string of the molecule is N#Cc1cnc2cc(OCCN3CCCC3)cc(OC3CCOCC3)c2c1Nc1cc(Cl)cc2occc12. The Labute approximate surface area is 226 Å². The number of furan rings is 1. The Morgan fingerprint density at radius 1 is 1.16 bits per heavy atom. The van der Waals surface area contributed by atoms with Crippen LogP contribution in [-0.4, -0.2) is 55.4 Å². The van der Waals surface area contributed by atoms with Crippen LogP contribution in [0.5, 0.6) is 11.5 Å². The average Bonchev–Trinajstić information content (AvgIpc) is 3.62. The molecule has 2 aliphatic heterocycles. The van der Waals surface area contributed by atoms with Crippen molar-refractivity contribution in [3.05, 3.63) is 53.4 Å². The van der Waals surface area contributed by atoms with Crippen LogP contribution in [0.2, 0.25) is 5.02 Å². The Morgan fingerprint density at radius 3 is 2.82 bits per heavy atom. The molecule has 0 spiro atoms. The molecule has 2 fully saturated rings. The lowest BCUT2D eigenvalue weighted by Gasteiger charge is -2.25. The molecule has 38 heavy (non-hydrogen) atoms. The van der Waals surface area contributed by atoms with Crippen LogP contribution >= 0.6 is 11.6 Å². The highest BCUT2D eigenvalue weighted by molar-refractivity contribution is 6.31. The highest BCUT2D eigenvalue weighted by atomic mass is 35.5. The number of likely N-dealkylation sites (tertiary alicyclic amines) is 1. The third kappa shape index (κ3) is 5.23. The molecule has 2 aromatic heterocycles. The van der Waals surface area contributed by atoms with Gasteiger partial charge < -0.3 is 23.9 Å². The maximum absolute atomic E-state index is 10.0. The Bertz CT molecular complexity index is 1490. The van der Waals surface area contributed by atoms with Gasteiger partial charge in [0, 0.05) is 54.2 Å². The van der Waals surface area contributed by atoms with Gasteiger partial charge in [0.15, 0.2) is 0 Å². The van der Waals surface area contributed by atoms with Gasteiger partial charge in [0.1, 0.15) is 35.9 Å². The minimum atomic E-state index is -0.00265. The highest BCUT2D eigenvalue weighted by Gasteiger charge is 2.22. The molecule has 0 unspecified atom stereocenters. The maximum atomic E-state index is 10.0. The zero-order chi connectivity index (χ0) is 25.9. The number of hydrogen-bond acceptors (Lipinski definition) is 8. The lowest BCUT2D eigenvalue weighted by molar-refractivity contribution is 0.0261. The summed E-state index contributed by atoms with van der Waals surface area (Å²) in [5.41, 5.74) is 3.07. The van der Waals surface area contributed by atoms with Crippen molar-refractivity contribution < 1.29 is 18.6 Å². The van der Waals surface area contributed by atoms with Gasteiger partial charge in [0.2, 0.25) is 0 Å². The summed E-state index contributed by atoms with van der Waals surface area (Å²) >= 11 is 6.38. The van der Waals surface area contributed by atoms with Crippen molar-refractivity contribution in [2.75, 3.05) is 44.8 Å². The summed E-state index contributed by atoms with van der Waals surface area (Å²) in [4.78, 5) is 7.04. The lowest BCUT2D eigenvalue weighted by Crippen LogP contribution is -2.26. The Morgan fingerprint density at radius 2 is 2.00 bits per heavy atom. The largest absolute Gasteiger partial charge is 0.492 e. The number of ether oxygens (including phenoxy) is 3. The molecule has 0 bridgehead atoms. The topological polar surface area (TPSA) is 92.8 Å². The van der Waals surface area contributed by atoms with Gasteiger partial charge in [-0.15, -0.1) is 0 Å². The summed E-state index contributed by atoms with van der Waals surface area (Å²) in [6.45, 7) is 5.03. The first-order valence-corrected chi connectivity index (χ1v) is 13.5. The molecule has 0 amide bonds. The van der Waals surface area contributed by atoms with Gasteiger partial charge in [-0.3, -0.25) is 9.88 Å². The van der Waals surface area contributed by atoms with Crippen LogP contribution in [0.25, 0.3) is 21.9 Å². The molecule has 0 atom stereocenters. The molecule has 2 aromatic carbocycles. The Balaban J connectivity index is 1.41. The van der Waals surface area contributed by atoms with E-state index in [0.29, 0.717) is 58.7 Å². The molecule has 6 rings (SSSR count). The van der Waals surface area contributed by atoms with E-state index in [1.807, 2.05) is 24.3 Å². The van der Waals surface area contributed by atoms with Crippen molar-refractivity contribution in [1.29, 1.82) is 5.26 Å². The van der Waals surface area contributed by atoms with Crippen molar-refractivity contribution in [1.82, 2.24) is 9.88 Å². The number of pyridine rings is 1. The van der Waals surface area contributed by atoms with Gasteiger partial charge in [-0.25, -0.2) is 0 Å². The van der Waals surface area contributed by atoms with Gasteiger partial charge in [-0.1, -0.05) is 11.6 Å². The van der Waals surface area contributed by atoms with E-state index in [4.69, 9.17) is 30.2 Å². The summed E-state index contributed by atoms with van der Waals surface area (Å²) in [6, 6.07) is 11.6. The second kappa shape index (κ2) is 11.1. The van der Waals surface area contributed by atoms with Gasteiger partial charge in [-0.05, 0) is 38.1 Å². The van der Waals surface area contributed by atoms with Gasteiger partial charge >= 0.3 is 0 Å². The van der Waals surface area contributed by atoms with E-state index in [1.54, 1.807) is 18.5 Å². The van der Waals surface area contributed by atoms with Crippen LogP contribution < -0.4 is 14.8 Å². The van der Waals surface area contributed by atoms with Crippen LogP contribution in [0, 0.1) is 11.3 Å². The first kappa shape index (κ1) is 24.8. The summed E-state index contributed by atoms with van der Waals surface area (Å²) in [5, 5.41) is 15.6. The molecule has 196 valence electrons. The molecule has 8 nitrogen and oxygen atoms in total. The van der Waals surface area contributed by atoms with E-state index in [9.17, 15) is 5.26 Å². The zero-order valence-electron chi connectivity index (χ0n) is 21.0. The summed E-state index contributed by atoms with van der Waals surface area (Å²) in [7, 11) is 0. The monoisotopic (exact) mass is 532 g/mol. The molecule has 1 N–H and O–H groups in total. The third-order valence-corrected chi connectivity index (χ3v) is 7.38. The van der Waals surface area contributed by atoms with Crippen molar-refractivity contribution in [2.24, 2.45) is 0 Å². The zero-order valence-corrected chi connectivity index (χ0v) is 21.8. The quantitative estimate of drug-likeness (QED) is 0.283. The normalized spacial score (nSPS) is 16.6. The van der Waals surface area contributed by atoms with Crippen LogP contribution in [-0.2, 0) is 4.74 Å². The first-order chi connectivity index (χ1) is 18.7. The molecule has 9 heteroatoms. The van der Waals surface area contributed by atoms with E-state index in [1.165, 1.54) is 12.8 Å². The number of nitrogens with zero attached hydrogens (tertiary/aromatic N) is 3. The standard InChI is InChI=1S/C29H29ClN4O4/c30-20-13-24(23-5-11-37-26(23)14-20)33-29-19(17-31)18-32-25-15-22(36-12-8-34-6-1-2-7-34)16-27(28(25)29)38-21-3-9-35-10-4-21/h5,11,13-16,18,21H,1-4,6-10,12H2,(H,32,33). The smallest absolute Gasteiger partial charge is 0.137 e. The fourth-order valence-electron chi connectivity index (χ4n) is 5.20. The summed E-state index contributed by atoms with van der Waals surface area (Å²) in [5.74, 6) is 1.32. The fourth-order valence-corrected chi connectivity index (χ4v) is 5.41. The second-order valence-corrected chi connectivity index (χ2v) is 10.1. The molecule has 0 saturated carbocycles. The second-order valence-electron chi connectivity index (χ2n) is 9.71. The number of hydrogen-bond donors (Lipinski definition) is 1. The molecular weight excluding hydrogens is 504 g/mol. The van der Waals surface area contributed by atoms with E-state index >= 15 is 0 Å². The minimum absolute atomic E-state index is 0.00265. The molecule has 2 saturated heterocycles. The number of fused-ring (bicyclic) bond motifs is 2. The Kier molecular flexibility index (Phi) is 7.23. The average molecular weight is 533 g/mol. The van der Waals surface area contributed by atoms with Crippen LogP contribution in [0.4, 0.5) is 11.4 Å². The molecule has 4 heterocycles. The van der Waals surface area contributed by atoms with Crippen LogP contribution in [0.15, 0.2) is 47.2 Å². The molecule has 0 aliphatic carbocycles. The molecule has 2 aliphatic rings. The number of benzene rings is 2. The van der Waals surface area contributed by atoms with E-state index in [2.05, 4.69) is 21.3 Å². The number of anilines is 2. The van der Waals surface area contributed by atoms with Crippen molar-refractivity contribution in [2.45, 2.75) is 31.8 Å². The maximum Gasteiger partial charge on any atom is 0.137 e. The summed E-state index contributed by atoms with van der Waals surface area (Å²) < 4.78 is 23.9. The van der Waals surface area contributed by atoms with E-state index in [-0.39, 0.29) is 6.10 Å². The van der Waals surface area contributed by atoms with Gasteiger partial charge in [0.05, 0.1) is 47.3 Å². The molecule has 4 aromatic rings. The number of nitriles is 1. The van der Waals surface area contributed by atoms with Crippen molar-refractivity contribution in [3.8, 4) is 17.6 Å². The van der Waals surface area contributed by atoms with Crippen molar-refractivity contribution >= 4 is 44.8 Å². The van der Waals surface area contributed by atoms with E-state index < -0.39 is 0 Å². The third-order valence-electron chi connectivity index (χ3n) is 7.16. The van der Waals surface area contributed by atoms with Crippen LogP contribution in [0.3, 0.4) is 0 Å².